The highest BCUT2D eigenvalue weighted by Crippen LogP contribution is 2.39. The number of carbonyl (C=O) groups is 1. The fourth-order valence-electron chi connectivity index (χ4n) is 2.93. The Kier molecular flexibility index (Phi) is 7.75. The number of sulfonamides is 1. The molecule has 0 bridgehead atoms. The molecular weight excluding hydrogens is 448 g/mol. The molecule has 1 aromatic heterocycles. The van der Waals surface area contributed by atoms with Gasteiger partial charge in [-0.2, -0.15) is 0 Å². The summed E-state index contributed by atoms with van der Waals surface area (Å²) in [5, 5.41) is 2.72. The van der Waals surface area contributed by atoms with Crippen LogP contribution in [-0.2, 0) is 21.4 Å². The van der Waals surface area contributed by atoms with Crippen LogP contribution in [0.15, 0.2) is 70.2 Å². The molecule has 0 saturated heterocycles. The third-order valence-electron chi connectivity index (χ3n) is 4.57. The van der Waals surface area contributed by atoms with E-state index in [2.05, 4.69) is 10.0 Å². The van der Waals surface area contributed by atoms with Gasteiger partial charge in [0, 0.05) is 23.9 Å². The third kappa shape index (κ3) is 6.15. The summed E-state index contributed by atoms with van der Waals surface area (Å²) in [5.41, 5.74) is 1.11. The largest absolute Gasteiger partial charge is 0.493 e. The lowest BCUT2D eigenvalue weighted by molar-refractivity contribution is -0.111. The quantitative estimate of drug-likeness (QED) is 0.434. The van der Waals surface area contributed by atoms with Crippen molar-refractivity contribution in [1.29, 1.82) is 0 Å². The van der Waals surface area contributed by atoms with Crippen molar-refractivity contribution in [3.8, 4) is 17.2 Å². The third-order valence-corrected chi connectivity index (χ3v) is 5.98. The highest BCUT2D eigenvalue weighted by Gasteiger charge is 2.15. The van der Waals surface area contributed by atoms with E-state index in [4.69, 9.17) is 18.6 Å². The first-order valence-electron chi connectivity index (χ1n) is 9.77. The minimum atomic E-state index is -3.69. The van der Waals surface area contributed by atoms with Gasteiger partial charge in [-0.1, -0.05) is 12.1 Å². The molecule has 0 aliphatic carbocycles. The van der Waals surface area contributed by atoms with Crippen LogP contribution in [0.1, 0.15) is 11.3 Å². The van der Waals surface area contributed by atoms with Gasteiger partial charge in [-0.25, -0.2) is 13.1 Å². The van der Waals surface area contributed by atoms with E-state index in [0.29, 0.717) is 34.3 Å². The first kappa shape index (κ1) is 23.9. The summed E-state index contributed by atoms with van der Waals surface area (Å²) in [6, 6.07) is 12.7. The summed E-state index contributed by atoms with van der Waals surface area (Å²) in [6.45, 7) is 0.0537. The Hall–Kier alpha value is -3.76. The van der Waals surface area contributed by atoms with Crippen molar-refractivity contribution in [1.82, 2.24) is 4.72 Å². The zero-order valence-electron chi connectivity index (χ0n) is 18.3. The summed E-state index contributed by atoms with van der Waals surface area (Å²) in [6.07, 6.45) is 4.38. The van der Waals surface area contributed by atoms with Gasteiger partial charge in [0.2, 0.25) is 21.7 Å². The van der Waals surface area contributed by atoms with Gasteiger partial charge in [-0.05, 0) is 35.9 Å². The summed E-state index contributed by atoms with van der Waals surface area (Å²) >= 11 is 0. The normalized spacial score (nSPS) is 11.4. The molecule has 0 saturated carbocycles. The van der Waals surface area contributed by atoms with E-state index in [1.807, 2.05) is 0 Å². The van der Waals surface area contributed by atoms with Gasteiger partial charge in [0.25, 0.3) is 0 Å². The average Bonchev–Trinajstić information content (AvgIpc) is 3.35. The maximum atomic E-state index is 12.4. The van der Waals surface area contributed by atoms with Crippen molar-refractivity contribution in [2.45, 2.75) is 11.4 Å². The summed E-state index contributed by atoms with van der Waals surface area (Å²) in [7, 11) is 0.772. The summed E-state index contributed by atoms with van der Waals surface area (Å²) in [5.74, 6) is 1.36. The van der Waals surface area contributed by atoms with Gasteiger partial charge in [0.1, 0.15) is 5.76 Å². The van der Waals surface area contributed by atoms with Gasteiger partial charge >= 0.3 is 0 Å². The predicted molar refractivity (Wildman–Crippen MR) is 123 cm³/mol. The number of amides is 1. The minimum absolute atomic E-state index is 0.0537. The molecule has 1 amide bonds. The van der Waals surface area contributed by atoms with Crippen LogP contribution < -0.4 is 24.2 Å². The SMILES string of the molecule is COc1cc(NC(=O)/C=C/c2ccc(S(=O)(=O)NCc3ccco3)cc2)cc(OC)c1OC. The Morgan fingerprint density at radius 1 is 1.00 bits per heavy atom. The first-order chi connectivity index (χ1) is 15.9. The molecule has 33 heavy (non-hydrogen) atoms. The summed E-state index contributed by atoms with van der Waals surface area (Å²) < 4.78 is 48.2. The van der Waals surface area contributed by atoms with Gasteiger partial charge < -0.3 is 23.9 Å². The predicted octanol–water partition coefficient (Wildman–Crippen LogP) is 3.44. The van der Waals surface area contributed by atoms with E-state index in [1.54, 1.807) is 42.5 Å². The van der Waals surface area contributed by atoms with Crippen molar-refractivity contribution in [3.63, 3.8) is 0 Å². The molecule has 2 aromatic carbocycles. The van der Waals surface area contributed by atoms with E-state index in [0.717, 1.165) is 0 Å². The fourth-order valence-corrected chi connectivity index (χ4v) is 3.92. The molecule has 0 fully saturated rings. The van der Waals surface area contributed by atoms with Crippen LogP contribution in [-0.4, -0.2) is 35.7 Å². The highest BCUT2D eigenvalue weighted by atomic mass is 32.2. The van der Waals surface area contributed by atoms with Crippen molar-refractivity contribution in [3.05, 3.63) is 72.2 Å². The standard InChI is InChI=1S/C23H24N2O7S/c1-29-20-13-17(14-21(30-2)23(20)31-3)25-22(26)11-8-16-6-9-19(10-7-16)33(27,28)24-15-18-5-4-12-32-18/h4-14,24H,15H2,1-3H3,(H,25,26)/b11-8+. The van der Waals surface area contributed by atoms with Crippen LogP contribution >= 0.6 is 0 Å². The number of hydrogen-bond acceptors (Lipinski definition) is 7. The molecular formula is C23H24N2O7S. The number of anilines is 1. The Balaban J connectivity index is 1.64. The molecule has 3 aromatic rings. The molecule has 3 rings (SSSR count). The first-order valence-corrected chi connectivity index (χ1v) is 11.3. The van der Waals surface area contributed by atoms with Crippen LogP contribution in [0.3, 0.4) is 0 Å². The average molecular weight is 473 g/mol. The van der Waals surface area contributed by atoms with E-state index in [1.165, 1.54) is 45.8 Å². The second-order valence-corrected chi connectivity index (χ2v) is 8.48. The molecule has 0 spiro atoms. The lowest BCUT2D eigenvalue weighted by atomic mass is 10.2. The zero-order chi connectivity index (χ0) is 23.8. The maximum absolute atomic E-state index is 12.4. The number of nitrogens with one attached hydrogen (secondary N) is 2. The van der Waals surface area contributed by atoms with Crippen molar-refractivity contribution >= 4 is 27.7 Å². The van der Waals surface area contributed by atoms with Crippen LogP contribution in [0.5, 0.6) is 17.2 Å². The second kappa shape index (κ2) is 10.7. The zero-order valence-corrected chi connectivity index (χ0v) is 19.1. The molecule has 1 heterocycles. The molecule has 0 atom stereocenters. The molecule has 2 N–H and O–H groups in total. The Morgan fingerprint density at radius 3 is 2.21 bits per heavy atom. The minimum Gasteiger partial charge on any atom is -0.493 e. The number of ether oxygens (including phenoxy) is 3. The lowest BCUT2D eigenvalue weighted by Crippen LogP contribution is -2.22. The van der Waals surface area contributed by atoms with Gasteiger partial charge in [0.15, 0.2) is 11.5 Å². The monoisotopic (exact) mass is 472 g/mol. The van der Waals surface area contributed by atoms with Crippen LogP contribution in [0.25, 0.3) is 6.08 Å². The number of benzene rings is 2. The van der Waals surface area contributed by atoms with Crippen LogP contribution in [0.4, 0.5) is 5.69 Å². The Bertz CT molecular complexity index is 1190. The second-order valence-electron chi connectivity index (χ2n) is 6.71. The molecule has 174 valence electrons. The van der Waals surface area contributed by atoms with Gasteiger partial charge in [-0.3, -0.25) is 4.79 Å². The molecule has 9 nitrogen and oxygen atoms in total. The van der Waals surface area contributed by atoms with E-state index in [-0.39, 0.29) is 17.3 Å². The number of rotatable bonds is 10. The highest BCUT2D eigenvalue weighted by molar-refractivity contribution is 7.89. The Labute approximate surface area is 192 Å². The number of methoxy groups -OCH3 is 3. The molecule has 0 unspecified atom stereocenters. The van der Waals surface area contributed by atoms with Gasteiger partial charge in [0.05, 0.1) is 39.0 Å². The van der Waals surface area contributed by atoms with Crippen molar-refractivity contribution < 1.29 is 31.8 Å². The molecule has 10 heteroatoms. The van der Waals surface area contributed by atoms with Crippen molar-refractivity contribution in [2.75, 3.05) is 26.6 Å². The van der Waals surface area contributed by atoms with Gasteiger partial charge in [-0.15, -0.1) is 0 Å². The van der Waals surface area contributed by atoms with Crippen molar-refractivity contribution in [2.24, 2.45) is 0 Å². The fraction of sp³-hybridized carbons (Fsp3) is 0.174. The van der Waals surface area contributed by atoms with Crippen LogP contribution in [0.2, 0.25) is 0 Å². The van der Waals surface area contributed by atoms with E-state index in [9.17, 15) is 13.2 Å². The summed E-state index contributed by atoms with van der Waals surface area (Å²) in [4.78, 5) is 12.4. The maximum Gasteiger partial charge on any atom is 0.248 e. The molecule has 0 aliphatic heterocycles. The molecule has 0 radical (unpaired) electrons. The number of carbonyl (C=O) groups excluding carboxylic acids is 1. The topological polar surface area (TPSA) is 116 Å². The molecule has 0 aliphatic rings. The van der Waals surface area contributed by atoms with E-state index < -0.39 is 10.0 Å². The smallest absolute Gasteiger partial charge is 0.248 e. The van der Waals surface area contributed by atoms with E-state index >= 15 is 0 Å². The number of hydrogen-bond donors (Lipinski definition) is 2. The lowest BCUT2D eigenvalue weighted by Gasteiger charge is -2.14. The Morgan fingerprint density at radius 2 is 1.67 bits per heavy atom. The number of furan rings is 1. The van der Waals surface area contributed by atoms with Crippen LogP contribution in [0, 0.1) is 0 Å².